The highest BCUT2D eigenvalue weighted by atomic mass is 35.5. The molecule has 1 saturated heterocycles. The van der Waals surface area contributed by atoms with Gasteiger partial charge in [-0.15, -0.1) is 12.4 Å². The Morgan fingerprint density at radius 3 is 2.58 bits per heavy atom. The third-order valence-corrected chi connectivity index (χ3v) is 2.67. The number of nitrogens with two attached hydrogens (primary N) is 1. The zero-order valence-corrected chi connectivity index (χ0v) is 8.25. The van der Waals surface area contributed by atoms with Crippen molar-refractivity contribution in [3.63, 3.8) is 0 Å². The Morgan fingerprint density at radius 2 is 2.33 bits per heavy atom. The first-order valence-corrected chi connectivity index (χ1v) is 4.22. The molecule has 0 saturated carbocycles. The van der Waals surface area contributed by atoms with Gasteiger partial charge in [-0.2, -0.15) is 0 Å². The number of amides is 1. The Labute approximate surface area is 79.5 Å². The highest BCUT2D eigenvalue weighted by Gasteiger charge is 2.35. The largest absolute Gasteiger partial charge is 0.369 e. The van der Waals surface area contributed by atoms with Crippen LogP contribution in [0.1, 0.15) is 26.2 Å². The lowest BCUT2D eigenvalue weighted by Gasteiger charge is -2.33. The number of primary amides is 1. The van der Waals surface area contributed by atoms with E-state index in [0.717, 1.165) is 32.4 Å². The summed E-state index contributed by atoms with van der Waals surface area (Å²) in [6, 6.07) is 0. The summed E-state index contributed by atoms with van der Waals surface area (Å²) in [6.07, 6.45) is 2.87. The van der Waals surface area contributed by atoms with Crippen molar-refractivity contribution in [2.24, 2.45) is 11.1 Å². The molecule has 12 heavy (non-hydrogen) atoms. The van der Waals surface area contributed by atoms with Crippen LogP contribution in [-0.4, -0.2) is 19.0 Å². The Balaban J connectivity index is 0.00000121. The zero-order valence-electron chi connectivity index (χ0n) is 7.43. The van der Waals surface area contributed by atoms with Gasteiger partial charge in [0.2, 0.25) is 5.91 Å². The highest BCUT2D eigenvalue weighted by Crippen LogP contribution is 2.29. The van der Waals surface area contributed by atoms with E-state index in [1.54, 1.807) is 0 Å². The molecule has 1 unspecified atom stereocenters. The summed E-state index contributed by atoms with van der Waals surface area (Å²) in [4.78, 5) is 11.1. The summed E-state index contributed by atoms with van der Waals surface area (Å²) in [6.45, 7) is 3.81. The average Bonchev–Trinajstić information content (AvgIpc) is 2.05. The lowest BCUT2D eigenvalue weighted by molar-refractivity contribution is -0.128. The van der Waals surface area contributed by atoms with Crippen molar-refractivity contribution >= 4 is 18.3 Å². The van der Waals surface area contributed by atoms with Crippen molar-refractivity contribution in [3.8, 4) is 0 Å². The van der Waals surface area contributed by atoms with E-state index in [9.17, 15) is 4.79 Å². The van der Waals surface area contributed by atoms with Crippen LogP contribution in [0.3, 0.4) is 0 Å². The Bertz CT molecular complexity index is 155. The molecule has 3 nitrogen and oxygen atoms in total. The first kappa shape index (κ1) is 11.7. The van der Waals surface area contributed by atoms with Crippen LogP contribution in [0, 0.1) is 5.41 Å². The molecule has 1 fully saturated rings. The molecule has 0 aromatic heterocycles. The Morgan fingerprint density at radius 1 is 1.67 bits per heavy atom. The van der Waals surface area contributed by atoms with E-state index < -0.39 is 0 Å². The number of rotatable bonds is 2. The summed E-state index contributed by atoms with van der Waals surface area (Å²) in [5.74, 6) is -0.146. The number of halogens is 1. The first-order chi connectivity index (χ1) is 5.21. The summed E-state index contributed by atoms with van der Waals surface area (Å²) in [5.41, 5.74) is 5.08. The van der Waals surface area contributed by atoms with Crippen molar-refractivity contribution in [3.05, 3.63) is 0 Å². The third-order valence-electron chi connectivity index (χ3n) is 2.67. The molecule has 72 valence electrons. The van der Waals surface area contributed by atoms with Crippen LogP contribution in [-0.2, 0) is 4.79 Å². The van der Waals surface area contributed by atoms with Gasteiger partial charge >= 0.3 is 0 Å². The smallest absolute Gasteiger partial charge is 0.224 e. The van der Waals surface area contributed by atoms with Gasteiger partial charge in [0, 0.05) is 6.54 Å². The second-order valence-electron chi connectivity index (χ2n) is 3.28. The maximum Gasteiger partial charge on any atom is 0.224 e. The van der Waals surface area contributed by atoms with E-state index in [4.69, 9.17) is 5.73 Å². The van der Waals surface area contributed by atoms with Crippen molar-refractivity contribution in [1.82, 2.24) is 5.32 Å². The van der Waals surface area contributed by atoms with Gasteiger partial charge in [0.1, 0.15) is 0 Å². The number of hydrogen-bond donors (Lipinski definition) is 2. The molecule has 0 radical (unpaired) electrons. The van der Waals surface area contributed by atoms with Gasteiger partial charge in [0.25, 0.3) is 0 Å². The topological polar surface area (TPSA) is 55.1 Å². The van der Waals surface area contributed by atoms with E-state index >= 15 is 0 Å². The van der Waals surface area contributed by atoms with Crippen molar-refractivity contribution in [2.45, 2.75) is 26.2 Å². The number of hydrogen-bond acceptors (Lipinski definition) is 2. The van der Waals surface area contributed by atoms with E-state index in [2.05, 4.69) is 5.32 Å². The van der Waals surface area contributed by atoms with Gasteiger partial charge in [0.05, 0.1) is 5.41 Å². The lowest BCUT2D eigenvalue weighted by atomic mass is 9.78. The minimum atomic E-state index is -0.252. The molecular formula is C8H17ClN2O. The van der Waals surface area contributed by atoms with Crippen LogP contribution >= 0.6 is 12.4 Å². The second kappa shape index (κ2) is 4.67. The van der Waals surface area contributed by atoms with Crippen molar-refractivity contribution in [2.75, 3.05) is 13.1 Å². The minimum absolute atomic E-state index is 0. The predicted octanol–water partition coefficient (Wildman–Crippen LogP) is 0.673. The predicted molar refractivity (Wildman–Crippen MR) is 51.3 cm³/mol. The molecule has 0 spiro atoms. The highest BCUT2D eigenvalue weighted by molar-refractivity contribution is 5.85. The molecule has 1 heterocycles. The standard InChI is InChI=1S/C8H16N2O.ClH/c1-2-8(7(9)11)4-3-5-10-6-8;/h10H,2-6H2,1H3,(H2,9,11);1H. The molecule has 1 aliphatic rings. The summed E-state index contributed by atoms with van der Waals surface area (Å²) < 4.78 is 0. The molecule has 3 N–H and O–H groups in total. The van der Waals surface area contributed by atoms with E-state index in [1.807, 2.05) is 6.92 Å². The SMILES string of the molecule is CCC1(C(N)=O)CCCNC1.Cl. The first-order valence-electron chi connectivity index (χ1n) is 4.22. The van der Waals surface area contributed by atoms with Gasteiger partial charge in [-0.05, 0) is 25.8 Å². The molecule has 1 amide bonds. The van der Waals surface area contributed by atoms with Crippen molar-refractivity contribution < 1.29 is 4.79 Å². The molecule has 1 atom stereocenters. The molecular weight excluding hydrogens is 176 g/mol. The summed E-state index contributed by atoms with van der Waals surface area (Å²) >= 11 is 0. The quantitative estimate of drug-likeness (QED) is 0.676. The van der Waals surface area contributed by atoms with Crippen molar-refractivity contribution in [1.29, 1.82) is 0 Å². The fourth-order valence-electron chi connectivity index (χ4n) is 1.65. The lowest BCUT2D eigenvalue weighted by Crippen LogP contribution is -2.48. The number of piperidine rings is 1. The fourth-order valence-corrected chi connectivity index (χ4v) is 1.65. The van der Waals surface area contributed by atoms with Crippen LogP contribution in [0.2, 0.25) is 0 Å². The van der Waals surface area contributed by atoms with Gasteiger partial charge in [0.15, 0.2) is 0 Å². The Kier molecular flexibility index (Phi) is 4.57. The molecule has 4 heteroatoms. The third kappa shape index (κ3) is 2.11. The number of nitrogens with one attached hydrogen (secondary N) is 1. The number of carbonyl (C=O) groups excluding carboxylic acids is 1. The number of carbonyl (C=O) groups is 1. The van der Waals surface area contributed by atoms with E-state index in [0.29, 0.717) is 0 Å². The van der Waals surface area contributed by atoms with Crippen LogP contribution in [0.5, 0.6) is 0 Å². The molecule has 0 bridgehead atoms. The van der Waals surface area contributed by atoms with Gasteiger partial charge in [-0.25, -0.2) is 0 Å². The zero-order chi connectivity index (χ0) is 8.32. The van der Waals surface area contributed by atoms with E-state index in [1.165, 1.54) is 0 Å². The van der Waals surface area contributed by atoms with E-state index in [-0.39, 0.29) is 23.7 Å². The van der Waals surface area contributed by atoms with Crippen LogP contribution in [0.4, 0.5) is 0 Å². The van der Waals surface area contributed by atoms with Crippen LogP contribution < -0.4 is 11.1 Å². The average molecular weight is 193 g/mol. The van der Waals surface area contributed by atoms with Crippen LogP contribution in [0.15, 0.2) is 0 Å². The Hall–Kier alpha value is -0.280. The summed E-state index contributed by atoms with van der Waals surface area (Å²) in [7, 11) is 0. The maximum absolute atomic E-state index is 11.1. The minimum Gasteiger partial charge on any atom is -0.369 e. The molecule has 0 aromatic carbocycles. The normalized spacial score (nSPS) is 29.1. The van der Waals surface area contributed by atoms with Gasteiger partial charge in [-0.3, -0.25) is 4.79 Å². The molecule has 0 aromatic rings. The van der Waals surface area contributed by atoms with Crippen LogP contribution in [0.25, 0.3) is 0 Å². The molecule has 1 rings (SSSR count). The maximum atomic E-state index is 11.1. The fraction of sp³-hybridized carbons (Fsp3) is 0.875. The second-order valence-corrected chi connectivity index (χ2v) is 3.28. The summed E-state index contributed by atoms with van der Waals surface area (Å²) in [5, 5.41) is 3.21. The molecule has 1 aliphatic heterocycles. The van der Waals surface area contributed by atoms with Gasteiger partial charge < -0.3 is 11.1 Å². The van der Waals surface area contributed by atoms with Gasteiger partial charge in [-0.1, -0.05) is 6.92 Å². The molecule has 0 aliphatic carbocycles. The monoisotopic (exact) mass is 192 g/mol.